The summed E-state index contributed by atoms with van der Waals surface area (Å²) in [4.78, 5) is 2.44. The quantitative estimate of drug-likeness (QED) is 0.838. The summed E-state index contributed by atoms with van der Waals surface area (Å²) in [7, 11) is 2.22. The maximum atomic E-state index is 8.76. The molecule has 1 aliphatic carbocycles. The van der Waals surface area contributed by atoms with Crippen molar-refractivity contribution in [2.45, 2.75) is 45.1 Å². The molecular formula is C19H27NO. The molecule has 0 amide bonds. The van der Waals surface area contributed by atoms with Crippen LogP contribution in [0.2, 0.25) is 0 Å². The van der Waals surface area contributed by atoms with Gasteiger partial charge in [-0.1, -0.05) is 43.2 Å². The third-order valence-corrected chi connectivity index (χ3v) is 4.14. The normalized spacial score (nSPS) is 15.8. The molecular weight excluding hydrogens is 258 g/mol. The van der Waals surface area contributed by atoms with Crippen LogP contribution in [0.25, 0.3) is 0 Å². The molecule has 2 nitrogen and oxygen atoms in total. The fraction of sp³-hybridized carbons (Fsp3) is 0.579. The largest absolute Gasteiger partial charge is 0.395 e. The minimum atomic E-state index is 0.136. The Hall–Kier alpha value is -1.30. The fourth-order valence-electron chi connectivity index (χ4n) is 3.15. The maximum absolute atomic E-state index is 8.76. The molecule has 0 atom stereocenters. The first-order chi connectivity index (χ1) is 10.3. The third-order valence-electron chi connectivity index (χ3n) is 4.14. The summed E-state index contributed by atoms with van der Waals surface area (Å²) in [6, 6.07) is 8.46. The smallest absolute Gasteiger partial charge is 0.0540 e. The molecule has 2 rings (SSSR count). The van der Waals surface area contributed by atoms with Crippen LogP contribution in [0.15, 0.2) is 24.3 Å². The fourth-order valence-corrected chi connectivity index (χ4v) is 3.15. The van der Waals surface area contributed by atoms with E-state index in [2.05, 4.69) is 42.0 Å². The van der Waals surface area contributed by atoms with Gasteiger partial charge >= 0.3 is 0 Å². The van der Waals surface area contributed by atoms with Crippen molar-refractivity contribution in [3.63, 3.8) is 0 Å². The zero-order valence-electron chi connectivity index (χ0n) is 13.1. The van der Waals surface area contributed by atoms with Crippen molar-refractivity contribution in [1.29, 1.82) is 0 Å². The first kappa shape index (κ1) is 16.1. The molecule has 0 aromatic heterocycles. The highest BCUT2D eigenvalue weighted by molar-refractivity contribution is 5.37. The molecule has 1 saturated carbocycles. The van der Waals surface area contributed by atoms with E-state index in [4.69, 9.17) is 5.11 Å². The van der Waals surface area contributed by atoms with Crippen LogP contribution in [0, 0.1) is 17.8 Å². The number of benzene rings is 1. The van der Waals surface area contributed by atoms with Gasteiger partial charge in [0.2, 0.25) is 0 Å². The van der Waals surface area contributed by atoms with Gasteiger partial charge in [0.05, 0.1) is 6.61 Å². The molecule has 0 bridgehead atoms. The van der Waals surface area contributed by atoms with Crippen LogP contribution < -0.4 is 0 Å². The number of hydrogen-bond donors (Lipinski definition) is 1. The van der Waals surface area contributed by atoms with Crippen molar-refractivity contribution in [2.75, 3.05) is 20.2 Å². The predicted molar refractivity (Wildman–Crippen MR) is 87.9 cm³/mol. The van der Waals surface area contributed by atoms with E-state index in [-0.39, 0.29) is 6.61 Å². The molecule has 114 valence electrons. The summed E-state index contributed by atoms with van der Waals surface area (Å²) >= 11 is 0. The lowest BCUT2D eigenvalue weighted by Crippen LogP contribution is -2.26. The standard InChI is InChI=1S/C19H27NO/c1-20(15-18-9-3-2-4-10-18)16-19-12-7-11-17(14-19)8-5-6-13-21/h7,11-12,14,18,21H,2-4,6,9-10,13,15-16H2,1H3. The summed E-state index contributed by atoms with van der Waals surface area (Å²) in [6.45, 7) is 2.34. The lowest BCUT2D eigenvalue weighted by Gasteiger charge is -2.27. The Morgan fingerprint density at radius 3 is 2.81 bits per heavy atom. The van der Waals surface area contributed by atoms with Crippen LogP contribution in [0.5, 0.6) is 0 Å². The number of hydrogen-bond acceptors (Lipinski definition) is 2. The number of aliphatic hydroxyl groups is 1. The minimum absolute atomic E-state index is 0.136. The summed E-state index contributed by atoms with van der Waals surface area (Å²) in [5.41, 5.74) is 2.37. The van der Waals surface area contributed by atoms with E-state index >= 15 is 0 Å². The molecule has 0 saturated heterocycles. The zero-order chi connectivity index (χ0) is 14.9. The van der Waals surface area contributed by atoms with Gasteiger partial charge in [-0.2, -0.15) is 0 Å². The molecule has 0 radical (unpaired) electrons. The Kier molecular flexibility index (Phi) is 6.79. The zero-order valence-corrected chi connectivity index (χ0v) is 13.1. The maximum Gasteiger partial charge on any atom is 0.0540 e. The second kappa shape index (κ2) is 8.87. The Labute approximate surface area is 129 Å². The van der Waals surface area contributed by atoms with Gasteiger partial charge in [0.25, 0.3) is 0 Å². The van der Waals surface area contributed by atoms with Crippen molar-refractivity contribution < 1.29 is 5.11 Å². The van der Waals surface area contributed by atoms with Crippen molar-refractivity contribution in [3.8, 4) is 11.8 Å². The molecule has 0 spiro atoms. The highest BCUT2D eigenvalue weighted by Gasteiger charge is 2.15. The number of rotatable bonds is 5. The molecule has 1 N–H and O–H groups in total. The van der Waals surface area contributed by atoms with E-state index in [1.54, 1.807) is 0 Å². The second-order valence-corrected chi connectivity index (χ2v) is 6.18. The van der Waals surface area contributed by atoms with Crippen LogP contribution in [-0.4, -0.2) is 30.2 Å². The van der Waals surface area contributed by atoms with Crippen LogP contribution in [0.1, 0.15) is 49.7 Å². The molecule has 0 unspecified atom stereocenters. The topological polar surface area (TPSA) is 23.5 Å². The highest BCUT2D eigenvalue weighted by atomic mass is 16.2. The van der Waals surface area contributed by atoms with Crippen molar-refractivity contribution >= 4 is 0 Å². The van der Waals surface area contributed by atoms with Gasteiger partial charge in [-0.25, -0.2) is 0 Å². The molecule has 2 heteroatoms. The summed E-state index contributed by atoms with van der Waals surface area (Å²) < 4.78 is 0. The third kappa shape index (κ3) is 5.91. The van der Waals surface area contributed by atoms with E-state index in [9.17, 15) is 0 Å². The summed E-state index contributed by atoms with van der Waals surface area (Å²) in [5, 5.41) is 8.76. The lowest BCUT2D eigenvalue weighted by molar-refractivity contribution is 0.228. The predicted octanol–water partition coefficient (Wildman–Crippen LogP) is 3.43. The van der Waals surface area contributed by atoms with Gasteiger partial charge in [-0.15, -0.1) is 0 Å². The molecule has 1 aromatic rings. The Bertz CT molecular complexity index is 480. The van der Waals surface area contributed by atoms with Crippen LogP contribution in [-0.2, 0) is 6.54 Å². The monoisotopic (exact) mass is 285 g/mol. The van der Waals surface area contributed by atoms with Crippen molar-refractivity contribution in [1.82, 2.24) is 4.90 Å². The van der Waals surface area contributed by atoms with Gasteiger partial charge in [0.1, 0.15) is 0 Å². The molecule has 1 fully saturated rings. The van der Waals surface area contributed by atoms with Crippen LogP contribution in [0.3, 0.4) is 0 Å². The van der Waals surface area contributed by atoms with Gasteiger partial charge in [-0.3, -0.25) is 0 Å². The molecule has 1 aromatic carbocycles. The van der Waals surface area contributed by atoms with Crippen LogP contribution in [0.4, 0.5) is 0 Å². The van der Waals surface area contributed by atoms with E-state index in [1.807, 2.05) is 6.07 Å². The summed E-state index contributed by atoms with van der Waals surface area (Å²) in [6.07, 6.45) is 7.59. The Morgan fingerprint density at radius 1 is 1.24 bits per heavy atom. The first-order valence-electron chi connectivity index (χ1n) is 8.15. The highest BCUT2D eigenvalue weighted by Crippen LogP contribution is 2.24. The summed E-state index contributed by atoms with van der Waals surface area (Å²) in [5.74, 6) is 6.98. The van der Waals surface area contributed by atoms with Gasteiger partial charge < -0.3 is 10.0 Å². The lowest BCUT2D eigenvalue weighted by atomic mass is 9.89. The van der Waals surface area contributed by atoms with Crippen molar-refractivity contribution in [3.05, 3.63) is 35.4 Å². The average Bonchev–Trinajstić information content (AvgIpc) is 2.49. The number of aliphatic hydroxyl groups excluding tert-OH is 1. The molecule has 1 aliphatic rings. The minimum Gasteiger partial charge on any atom is -0.395 e. The second-order valence-electron chi connectivity index (χ2n) is 6.18. The first-order valence-corrected chi connectivity index (χ1v) is 8.15. The SMILES string of the molecule is CN(Cc1cccc(C#CCCO)c1)CC1CCCCC1. The molecule has 21 heavy (non-hydrogen) atoms. The van der Waals surface area contributed by atoms with E-state index in [0.717, 1.165) is 18.0 Å². The van der Waals surface area contributed by atoms with Gasteiger partial charge in [-0.05, 0) is 43.5 Å². The van der Waals surface area contributed by atoms with Crippen molar-refractivity contribution in [2.24, 2.45) is 5.92 Å². The number of nitrogens with zero attached hydrogens (tertiary/aromatic N) is 1. The molecule has 0 heterocycles. The van der Waals surface area contributed by atoms with E-state index in [0.29, 0.717) is 6.42 Å². The van der Waals surface area contributed by atoms with E-state index in [1.165, 1.54) is 44.2 Å². The average molecular weight is 285 g/mol. The molecule has 0 aliphatic heterocycles. The Balaban J connectivity index is 1.86. The Morgan fingerprint density at radius 2 is 2.05 bits per heavy atom. The van der Waals surface area contributed by atoms with Gasteiger partial charge in [0.15, 0.2) is 0 Å². The van der Waals surface area contributed by atoms with Crippen LogP contribution >= 0.6 is 0 Å². The van der Waals surface area contributed by atoms with Gasteiger partial charge in [0, 0.05) is 25.1 Å². The van der Waals surface area contributed by atoms with E-state index < -0.39 is 0 Å².